The number of aryl methyl sites for hydroxylation is 1. The zero-order valence-corrected chi connectivity index (χ0v) is 8.94. The summed E-state index contributed by atoms with van der Waals surface area (Å²) in [5, 5.41) is 13.4. The quantitative estimate of drug-likeness (QED) is 0.828. The molecule has 0 spiro atoms. The van der Waals surface area contributed by atoms with Gasteiger partial charge in [-0.15, -0.1) is 0 Å². The Balaban J connectivity index is 2.34. The van der Waals surface area contributed by atoms with Gasteiger partial charge in [0.2, 0.25) is 0 Å². The lowest BCUT2D eigenvalue weighted by molar-refractivity contribution is 0.0680. The van der Waals surface area contributed by atoms with Crippen molar-refractivity contribution in [2.24, 2.45) is 0 Å². The van der Waals surface area contributed by atoms with Gasteiger partial charge in [-0.05, 0) is 25.3 Å². The second-order valence-corrected chi connectivity index (χ2v) is 4.06. The Morgan fingerprint density at radius 3 is 2.80 bits per heavy atom. The largest absolute Gasteiger partial charge is 0.477 e. The number of hydrogen-bond donors (Lipinski definition) is 1. The Hall–Kier alpha value is -1.32. The van der Waals surface area contributed by atoms with Crippen molar-refractivity contribution >= 4 is 5.97 Å². The molecule has 0 atom stereocenters. The van der Waals surface area contributed by atoms with E-state index in [-0.39, 0.29) is 0 Å². The highest BCUT2D eigenvalue weighted by Gasteiger charge is 2.23. The Kier molecular flexibility index (Phi) is 2.75. The number of hydrogen-bond acceptors (Lipinski definition) is 2. The first kappa shape index (κ1) is 10.2. The second kappa shape index (κ2) is 4.04. The van der Waals surface area contributed by atoms with Crippen LogP contribution in [0.1, 0.15) is 54.8 Å². The van der Waals surface area contributed by atoms with Gasteiger partial charge in [0.15, 0.2) is 0 Å². The summed E-state index contributed by atoms with van der Waals surface area (Å²) in [4.78, 5) is 11.0. The fraction of sp³-hybridized carbons (Fsp3) is 0.636. The zero-order chi connectivity index (χ0) is 10.8. The lowest BCUT2D eigenvalue weighted by atomic mass is 10.2. The lowest BCUT2D eigenvalue weighted by Gasteiger charge is -2.11. The number of carboxylic acid groups (broad SMARTS) is 1. The maximum atomic E-state index is 11.0. The molecule has 1 aliphatic rings. The summed E-state index contributed by atoms with van der Waals surface area (Å²) < 4.78 is 1.72. The normalized spacial score (nSPS) is 17.1. The number of nitrogens with zero attached hydrogens (tertiary/aromatic N) is 2. The van der Waals surface area contributed by atoms with Crippen LogP contribution in [-0.2, 0) is 6.42 Å². The van der Waals surface area contributed by atoms with Gasteiger partial charge in [0.25, 0.3) is 0 Å². The molecule has 1 aliphatic carbocycles. The Labute approximate surface area is 88.9 Å². The molecule has 0 bridgehead atoms. The molecule has 1 aromatic rings. The van der Waals surface area contributed by atoms with E-state index in [2.05, 4.69) is 5.10 Å². The summed E-state index contributed by atoms with van der Waals surface area (Å²) >= 11 is 0. The molecule has 0 amide bonds. The third-order valence-corrected chi connectivity index (χ3v) is 3.04. The molecule has 0 aromatic carbocycles. The third-order valence-electron chi connectivity index (χ3n) is 3.04. The molecule has 1 fully saturated rings. The first-order valence-corrected chi connectivity index (χ1v) is 5.54. The fourth-order valence-corrected chi connectivity index (χ4v) is 2.20. The van der Waals surface area contributed by atoms with E-state index in [1.165, 1.54) is 12.8 Å². The fourth-order valence-electron chi connectivity index (χ4n) is 2.20. The van der Waals surface area contributed by atoms with E-state index in [9.17, 15) is 4.79 Å². The molecule has 1 N–H and O–H groups in total. The predicted octanol–water partition coefficient (Wildman–Crippen LogP) is 2.26. The Morgan fingerprint density at radius 2 is 2.27 bits per heavy atom. The smallest absolute Gasteiger partial charge is 0.354 e. The van der Waals surface area contributed by atoms with Crippen molar-refractivity contribution in [1.29, 1.82) is 0 Å². The van der Waals surface area contributed by atoms with Crippen molar-refractivity contribution in [2.45, 2.75) is 45.1 Å². The highest BCUT2D eigenvalue weighted by atomic mass is 16.4. The molecule has 15 heavy (non-hydrogen) atoms. The van der Waals surface area contributed by atoms with Gasteiger partial charge in [-0.25, -0.2) is 4.79 Å². The van der Waals surface area contributed by atoms with Gasteiger partial charge in [0.05, 0.1) is 11.7 Å². The topological polar surface area (TPSA) is 55.1 Å². The molecule has 0 unspecified atom stereocenters. The summed E-state index contributed by atoms with van der Waals surface area (Å²) in [7, 11) is 0. The Bertz CT molecular complexity index is 365. The number of aromatic carboxylic acids is 1. The molecule has 0 saturated heterocycles. The highest BCUT2D eigenvalue weighted by Crippen LogP contribution is 2.30. The van der Waals surface area contributed by atoms with E-state index < -0.39 is 5.97 Å². The molecule has 4 heteroatoms. The van der Waals surface area contributed by atoms with Crippen LogP contribution >= 0.6 is 0 Å². The van der Waals surface area contributed by atoms with E-state index in [1.807, 2.05) is 6.92 Å². The molecule has 0 aliphatic heterocycles. The van der Waals surface area contributed by atoms with E-state index in [1.54, 1.807) is 10.7 Å². The first-order valence-electron chi connectivity index (χ1n) is 5.54. The molecular formula is C11H16N2O2. The molecule has 1 saturated carbocycles. The number of carboxylic acids is 1. The van der Waals surface area contributed by atoms with Crippen molar-refractivity contribution < 1.29 is 9.90 Å². The third kappa shape index (κ3) is 1.89. The summed E-state index contributed by atoms with van der Waals surface area (Å²) in [6.07, 6.45) is 5.28. The van der Waals surface area contributed by atoms with Crippen LogP contribution < -0.4 is 0 Å². The molecule has 0 radical (unpaired) electrons. The highest BCUT2D eigenvalue weighted by molar-refractivity contribution is 5.85. The van der Waals surface area contributed by atoms with Crippen LogP contribution in [0.4, 0.5) is 0 Å². The minimum absolute atomic E-state index is 0.302. The van der Waals surface area contributed by atoms with Gasteiger partial charge >= 0.3 is 5.97 Å². The van der Waals surface area contributed by atoms with Crippen LogP contribution in [0.25, 0.3) is 0 Å². The molecular weight excluding hydrogens is 192 g/mol. The van der Waals surface area contributed by atoms with E-state index in [0.29, 0.717) is 11.7 Å². The zero-order valence-electron chi connectivity index (χ0n) is 8.94. The minimum Gasteiger partial charge on any atom is -0.477 e. The predicted molar refractivity (Wildman–Crippen MR) is 56.1 cm³/mol. The summed E-state index contributed by atoms with van der Waals surface area (Å²) in [6, 6.07) is 2.00. The minimum atomic E-state index is -0.867. The summed E-state index contributed by atoms with van der Waals surface area (Å²) in [6.45, 7) is 1.99. The van der Waals surface area contributed by atoms with Gasteiger partial charge in [0.1, 0.15) is 5.69 Å². The van der Waals surface area contributed by atoms with Crippen LogP contribution in [-0.4, -0.2) is 20.9 Å². The molecule has 1 heterocycles. The molecule has 4 nitrogen and oxygen atoms in total. The maximum Gasteiger partial charge on any atom is 0.354 e. The number of aromatic nitrogens is 2. The first-order chi connectivity index (χ1) is 7.22. The SMILES string of the molecule is CCc1cc(C(=O)O)n(C2CCCC2)n1. The maximum absolute atomic E-state index is 11.0. The van der Waals surface area contributed by atoms with Crippen molar-refractivity contribution in [3.63, 3.8) is 0 Å². The van der Waals surface area contributed by atoms with Crippen molar-refractivity contribution in [1.82, 2.24) is 9.78 Å². The Morgan fingerprint density at radius 1 is 1.60 bits per heavy atom. The molecule has 82 valence electrons. The lowest BCUT2D eigenvalue weighted by Crippen LogP contribution is -2.14. The average Bonchev–Trinajstić information content (AvgIpc) is 2.86. The van der Waals surface area contributed by atoms with Crippen LogP contribution in [0, 0.1) is 0 Å². The summed E-state index contributed by atoms with van der Waals surface area (Å²) in [5.41, 5.74) is 1.22. The standard InChI is InChI=1S/C11H16N2O2/c1-2-8-7-10(11(14)15)13(12-8)9-5-3-4-6-9/h7,9H,2-6H2,1H3,(H,14,15). The van der Waals surface area contributed by atoms with Crippen LogP contribution in [0.15, 0.2) is 6.07 Å². The van der Waals surface area contributed by atoms with Gasteiger partial charge in [-0.3, -0.25) is 4.68 Å². The van der Waals surface area contributed by atoms with Gasteiger partial charge in [0, 0.05) is 0 Å². The van der Waals surface area contributed by atoms with E-state index >= 15 is 0 Å². The van der Waals surface area contributed by atoms with Crippen LogP contribution in [0.5, 0.6) is 0 Å². The van der Waals surface area contributed by atoms with E-state index in [4.69, 9.17) is 5.11 Å². The monoisotopic (exact) mass is 208 g/mol. The van der Waals surface area contributed by atoms with Crippen LogP contribution in [0.2, 0.25) is 0 Å². The van der Waals surface area contributed by atoms with Crippen molar-refractivity contribution in [3.05, 3.63) is 17.5 Å². The van der Waals surface area contributed by atoms with Gasteiger partial charge in [-0.2, -0.15) is 5.10 Å². The molecule has 2 rings (SSSR count). The summed E-state index contributed by atoms with van der Waals surface area (Å²) in [5.74, 6) is -0.867. The van der Waals surface area contributed by atoms with E-state index in [0.717, 1.165) is 25.0 Å². The van der Waals surface area contributed by atoms with Crippen molar-refractivity contribution in [3.8, 4) is 0 Å². The average molecular weight is 208 g/mol. The number of carbonyl (C=O) groups is 1. The second-order valence-electron chi connectivity index (χ2n) is 4.06. The van der Waals surface area contributed by atoms with Gasteiger partial charge < -0.3 is 5.11 Å². The van der Waals surface area contributed by atoms with Gasteiger partial charge in [-0.1, -0.05) is 19.8 Å². The van der Waals surface area contributed by atoms with Crippen molar-refractivity contribution in [2.75, 3.05) is 0 Å². The van der Waals surface area contributed by atoms with Crippen LogP contribution in [0.3, 0.4) is 0 Å². The molecule has 1 aromatic heterocycles. The number of rotatable bonds is 3.